The second-order valence-electron chi connectivity index (χ2n) is 0.761. The molecular weight excluding hydrogens is 235 g/mol. The topological polar surface area (TPSA) is 0 Å². The molecule has 0 unspecified atom stereocenters. The Morgan fingerprint density at radius 1 is 1.10 bits per heavy atom. The summed E-state index contributed by atoms with van der Waals surface area (Å²) in [5, 5.41) is 0. The molecule has 0 aliphatic carbocycles. The highest BCUT2D eigenvalue weighted by Crippen LogP contribution is 1.64. The van der Waals surface area contributed by atoms with Crippen LogP contribution >= 0.6 is 22.6 Å². The summed E-state index contributed by atoms with van der Waals surface area (Å²) in [7, 11) is 0. The predicted molar refractivity (Wildman–Crippen MR) is 65.1 cm³/mol. The van der Waals surface area contributed by atoms with Crippen molar-refractivity contribution in [1.82, 2.24) is 0 Å². The quantitative estimate of drug-likeness (QED) is 0.363. The summed E-state index contributed by atoms with van der Waals surface area (Å²) < 4.78 is 0. The summed E-state index contributed by atoms with van der Waals surface area (Å²) in [5.74, 6) is 0. The predicted octanol–water partition coefficient (Wildman–Crippen LogP) is 4.71. The van der Waals surface area contributed by atoms with Crippen molar-refractivity contribution in [2.75, 3.05) is 4.93 Å². The number of hydrogen-bond donors (Lipinski definition) is 0. The maximum atomic E-state index is 3.46. The molecule has 66 valence electrons. The maximum Gasteiger partial charge on any atom is -0.0121 e. The van der Waals surface area contributed by atoms with Gasteiger partial charge in [0, 0.05) is 0 Å². The van der Waals surface area contributed by atoms with Gasteiger partial charge in [-0.25, -0.2) is 0 Å². The standard InChI is InChI=1S/C5H8.CH3I.3CH4/c1-3-5-4-2;1-2;;;/h3-5H,1H2,2H3;1H3;3*1H4. The van der Waals surface area contributed by atoms with Gasteiger partial charge in [-0.15, -0.1) is 0 Å². The van der Waals surface area contributed by atoms with Crippen molar-refractivity contribution in [3.8, 4) is 0 Å². The van der Waals surface area contributed by atoms with E-state index in [-0.39, 0.29) is 22.3 Å². The summed E-state index contributed by atoms with van der Waals surface area (Å²) in [4.78, 5) is 1.97. The number of rotatable bonds is 1. The minimum atomic E-state index is 0. The van der Waals surface area contributed by atoms with Gasteiger partial charge in [0.2, 0.25) is 0 Å². The van der Waals surface area contributed by atoms with Crippen LogP contribution in [0, 0.1) is 0 Å². The summed E-state index contributed by atoms with van der Waals surface area (Å²) in [6.45, 7) is 5.42. The molecule has 0 aliphatic rings. The zero-order chi connectivity index (χ0) is 6.12. The lowest BCUT2D eigenvalue weighted by Gasteiger charge is -1.56. The molecule has 0 fully saturated rings. The molecule has 0 bridgehead atoms. The second-order valence-corrected chi connectivity index (χ2v) is 0.761. The second kappa shape index (κ2) is 60.2. The van der Waals surface area contributed by atoms with Crippen molar-refractivity contribution < 1.29 is 0 Å². The van der Waals surface area contributed by atoms with Gasteiger partial charge in [0.15, 0.2) is 0 Å². The average Bonchev–Trinajstić information content (AvgIpc) is 1.75. The molecule has 0 aromatic carbocycles. The number of hydrogen-bond acceptors (Lipinski definition) is 0. The number of halogens is 1. The van der Waals surface area contributed by atoms with E-state index in [1.54, 1.807) is 6.08 Å². The van der Waals surface area contributed by atoms with Crippen molar-refractivity contribution in [3.63, 3.8) is 0 Å². The zero-order valence-corrected chi connectivity index (χ0v) is 6.97. The van der Waals surface area contributed by atoms with E-state index in [1.165, 1.54) is 0 Å². The summed E-state index contributed by atoms with van der Waals surface area (Å²) in [6, 6.07) is 0. The van der Waals surface area contributed by atoms with Gasteiger partial charge < -0.3 is 0 Å². The molecule has 0 aromatic heterocycles. The third kappa shape index (κ3) is 87.4. The molecule has 0 radical (unpaired) electrons. The van der Waals surface area contributed by atoms with Crippen LogP contribution in [0.15, 0.2) is 24.8 Å². The molecule has 0 rings (SSSR count). The van der Waals surface area contributed by atoms with Crippen LogP contribution in [0.2, 0.25) is 0 Å². The van der Waals surface area contributed by atoms with E-state index in [2.05, 4.69) is 29.2 Å². The fraction of sp³-hybridized carbons (Fsp3) is 0.556. The van der Waals surface area contributed by atoms with Crippen molar-refractivity contribution >= 4 is 22.6 Å². The highest BCUT2D eigenvalue weighted by Gasteiger charge is 1.42. The molecule has 0 spiro atoms. The third-order valence-corrected chi connectivity index (χ3v) is 0.329. The van der Waals surface area contributed by atoms with E-state index in [4.69, 9.17) is 0 Å². The molecule has 0 aliphatic heterocycles. The van der Waals surface area contributed by atoms with Crippen LogP contribution in [0.1, 0.15) is 29.2 Å². The molecule has 0 nitrogen and oxygen atoms in total. The van der Waals surface area contributed by atoms with Crippen LogP contribution in [0.25, 0.3) is 0 Å². The summed E-state index contributed by atoms with van der Waals surface area (Å²) in [5.41, 5.74) is 0. The highest BCUT2D eigenvalue weighted by molar-refractivity contribution is 14.1. The Labute approximate surface area is 81.6 Å². The Hall–Kier alpha value is 0.210. The minimum Gasteiger partial charge on any atom is -0.0991 e. The van der Waals surface area contributed by atoms with E-state index < -0.39 is 0 Å². The first-order valence-corrected chi connectivity index (χ1v) is 4.19. The first-order chi connectivity index (χ1) is 3.41. The first-order valence-electron chi connectivity index (χ1n) is 2.03. The van der Waals surface area contributed by atoms with Crippen LogP contribution in [-0.2, 0) is 0 Å². The van der Waals surface area contributed by atoms with Crippen molar-refractivity contribution in [1.29, 1.82) is 0 Å². The van der Waals surface area contributed by atoms with Gasteiger partial charge in [-0.3, -0.25) is 0 Å². The van der Waals surface area contributed by atoms with E-state index in [9.17, 15) is 0 Å². The molecule has 0 heterocycles. The Morgan fingerprint density at radius 3 is 1.40 bits per heavy atom. The molecule has 10 heavy (non-hydrogen) atoms. The maximum absolute atomic E-state index is 3.46. The SMILES string of the molecule is C.C.C.C=CC=CC.CI. The third-order valence-electron chi connectivity index (χ3n) is 0.329. The number of allylic oxidation sites excluding steroid dienone is 3. The van der Waals surface area contributed by atoms with E-state index in [0.29, 0.717) is 0 Å². The van der Waals surface area contributed by atoms with Gasteiger partial charge in [-0.05, 0) is 11.9 Å². The Bertz CT molecular complexity index is 46.7. The molecule has 0 aromatic rings. The smallest absolute Gasteiger partial charge is 0.0121 e. The Kier molecular flexibility index (Phi) is 192. The van der Waals surface area contributed by atoms with E-state index in [1.807, 2.05) is 24.0 Å². The van der Waals surface area contributed by atoms with Crippen LogP contribution in [0.4, 0.5) is 0 Å². The van der Waals surface area contributed by atoms with Crippen molar-refractivity contribution in [2.24, 2.45) is 0 Å². The van der Waals surface area contributed by atoms with Gasteiger partial charge in [0.05, 0.1) is 0 Å². The van der Waals surface area contributed by atoms with E-state index in [0.717, 1.165) is 0 Å². The van der Waals surface area contributed by atoms with Crippen molar-refractivity contribution in [2.45, 2.75) is 29.2 Å². The molecule has 0 saturated carbocycles. The Morgan fingerprint density at radius 2 is 1.40 bits per heavy atom. The zero-order valence-electron chi connectivity index (χ0n) is 4.82. The van der Waals surface area contributed by atoms with Crippen molar-refractivity contribution in [3.05, 3.63) is 24.8 Å². The highest BCUT2D eigenvalue weighted by atomic mass is 127. The Balaban J connectivity index is -0.0000000154. The molecule has 0 saturated heterocycles. The summed E-state index contributed by atoms with van der Waals surface area (Å²) >= 11 is 2.15. The van der Waals surface area contributed by atoms with E-state index >= 15 is 0 Å². The largest absolute Gasteiger partial charge is 0.0991 e. The molecule has 1 heteroatoms. The van der Waals surface area contributed by atoms with Gasteiger partial charge in [0.1, 0.15) is 0 Å². The number of alkyl halides is 1. The molecule has 0 amide bonds. The van der Waals surface area contributed by atoms with Gasteiger partial charge in [-0.2, -0.15) is 0 Å². The average molecular weight is 258 g/mol. The van der Waals surface area contributed by atoms with Gasteiger partial charge in [0.25, 0.3) is 0 Å². The lowest BCUT2D eigenvalue weighted by molar-refractivity contribution is 1.74. The van der Waals surface area contributed by atoms with Gasteiger partial charge >= 0.3 is 0 Å². The van der Waals surface area contributed by atoms with Crippen LogP contribution in [0.5, 0.6) is 0 Å². The normalized spacial score (nSPS) is 5.10. The first kappa shape index (κ1) is 31.9. The minimum absolute atomic E-state index is 0. The monoisotopic (exact) mass is 258 g/mol. The molecular formula is C9H23I. The molecule has 0 N–H and O–H groups in total. The molecule has 0 atom stereocenters. The van der Waals surface area contributed by atoms with Crippen LogP contribution < -0.4 is 0 Å². The lowest BCUT2D eigenvalue weighted by Crippen LogP contribution is -1.33. The van der Waals surface area contributed by atoms with Crippen LogP contribution in [0.3, 0.4) is 0 Å². The van der Waals surface area contributed by atoms with Crippen LogP contribution in [-0.4, -0.2) is 4.93 Å². The fourth-order valence-electron chi connectivity index (χ4n) is 0.136. The lowest BCUT2D eigenvalue weighted by atomic mass is 10.5. The van der Waals surface area contributed by atoms with Gasteiger partial charge in [-0.1, -0.05) is 69.7 Å². The summed E-state index contributed by atoms with van der Waals surface area (Å²) in [6.07, 6.45) is 5.58. The fourth-order valence-corrected chi connectivity index (χ4v) is 0.136.